The highest BCUT2D eigenvalue weighted by molar-refractivity contribution is 5.97. The van der Waals surface area contributed by atoms with E-state index in [1.54, 1.807) is 7.05 Å². The van der Waals surface area contributed by atoms with E-state index in [2.05, 4.69) is 6.07 Å². The van der Waals surface area contributed by atoms with Crippen molar-refractivity contribution in [1.82, 2.24) is 4.90 Å². The van der Waals surface area contributed by atoms with Gasteiger partial charge in [-0.25, -0.2) is 4.39 Å². The van der Waals surface area contributed by atoms with Crippen LogP contribution in [0.3, 0.4) is 0 Å². The number of carbonyl (C=O) groups excluding carboxylic acids is 1. The molecule has 0 saturated carbocycles. The lowest BCUT2D eigenvalue weighted by Gasteiger charge is -2.21. The summed E-state index contributed by atoms with van der Waals surface area (Å²) in [5.41, 5.74) is 0.488. The van der Waals surface area contributed by atoms with E-state index < -0.39 is 0 Å². The van der Waals surface area contributed by atoms with E-state index in [0.717, 1.165) is 0 Å². The minimum absolute atomic E-state index is 0.0319. The lowest BCUT2D eigenvalue weighted by molar-refractivity contribution is 0.0925. The molecule has 90 valence electrons. The third-order valence-corrected chi connectivity index (χ3v) is 2.70. The van der Waals surface area contributed by atoms with Crippen molar-refractivity contribution in [3.63, 3.8) is 0 Å². The van der Waals surface area contributed by atoms with Crippen LogP contribution in [0.1, 0.15) is 23.7 Å². The molecule has 17 heavy (non-hydrogen) atoms. The molecule has 0 bridgehead atoms. The van der Waals surface area contributed by atoms with Crippen molar-refractivity contribution in [2.24, 2.45) is 0 Å². The zero-order chi connectivity index (χ0) is 12.8. The van der Waals surface area contributed by atoms with Crippen molar-refractivity contribution >= 4 is 5.78 Å². The first-order chi connectivity index (χ1) is 8.04. The smallest absolute Gasteiger partial charge is 0.176 e. The number of carbonyl (C=O) groups is 1. The minimum Gasteiger partial charge on any atom is -0.295 e. The Morgan fingerprint density at radius 3 is 2.59 bits per heavy atom. The Balaban J connectivity index is 2.60. The lowest BCUT2D eigenvalue weighted by Crippen LogP contribution is -2.33. The van der Waals surface area contributed by atoms with Gasteiger partial charge in [0.25, 0.3) is 0 Å². The summed E-state index contributed by atoms with van der Waals surface area (Å²) >= 11 is 0. The van der Waals surface area contributed by atoms with Gasteiger partial charge in [-0.3, -0.25) is 9.69 Å². The molecule has 0 N–H and O–H groups in total. The van der Waals surface area contributed by atoms with E-state index in [-0.39, 0.29) is 24.2 Å². The molecule has 3 nitrogen and oxygen atoms in total. The Bertz CT molecular complexity index is 422. The number of likely N-dealkylation sites (N-methyl/N-ethyl adjacent to an activating group) is 1. The van der Waals surface area contributed by atoms with Gasteiger partial charge in [0.2, 0.25) is 0 Å². The van der Waals surface area contributed by atoms with Crippen molar-refractivity contribution in [2.45, 2.75) is 19.4 Å². The van der Waals surface area contributed by atoms with Crippen LogP contribution in [-0.2, 0) is 0 Å². The third-order valence-electron chi connectivity index (χ3n) is 2.70. The zero-order valence-electron chi connectivity index (χ0n) is 9.98. The number of hydrogen-bond donors (Lipinski definition) is 0. The molecule has 1 aromatic rings. The average molecular weight is 234 g/mol. The van der Waals surface area contributed by atoms with Gasteiger partial charge < -0.3 is 0 Å². The van der Waals surface area contributed by atoms with Crippen LogP contribution in [0.25, 0.3) is 0 Å². The summed E-state index contributed by atoms with van der Waals surface area (Å²) in [4.78, 5) is 13.6. The topological polar surface area (TPSA) is 44.1 Å². The quantitative estimate of drug-likeness (QED) is 0.734. The molecule has 4 heteroatoms. The Kier molecular flexibility index (Phi) is 4.80. The predicted molar refractivity (Wildman–Crippen MR) is 63.1 cm³/mol. The number of nitriles is 1. The molecule has 1 unspecified atom stereocenters. The first-order valence-corrected chi connectivity index (χ1v) is 5.40. The van der Waals surface area contributed by atoms with Crippen molar-refractivity contribution in [1.29, 1.82) is 5.26 Å². The maximum absolute atomic E-state index is 12.7. The maximum atomic E-state index is 12.7. The van der Waals surface area contributed by atoms with Crippen LogP contribution < -0.4 is 0 Å². The molecule has 0 aliphatic carbocycles. The van der Waals surface area contributed by atoms with Crippen LogP contribution in [0.2, 0.25) is 0 Å². The average Bonchev–Trinajstić information content (AvgIpc) is 2.30. The van der Waals surface area contributed by atoms with Gasteiger partial charge >= 0.3 is 0 Å². The summed E-state index contributed by atoms with van der Waals surface area (Å²) in [6, 6.07) is 7.58. The largest absolute Gasteiger partial charge is 0.295 e. The SMILES string of the molecule is CC(CC#N)N(C)CC(=O)c1ccc(F)cc1. The molecule has 0 aromatic heterocycles. The zero-order valence-corrected chi connectivity index (χ0v) is 9.98. The van der Waals surface area contributed by atoms with Crippen molar-refractivity contribution < 1.29 is 9.18 Å². The van der Waals surface area contributed by atoms with Crippen LogP contribution in [0.15, 0.2) is 24.3 Å². The predicted octanol–water partition coefficient (Wildman–Crippen LogP) is 2.24. The first-order valence-electron chi connectivity index (χ1n) is 5.40. The van der Waals surface area contributed by atoms with Gasteiger partial charge in [-0.15, -0.1) is 0 Å². The third kappa shape index (κ3) is 3.97. The lowest BCUT2D eigenvalue weighted by atomic mass is 10.1. The van der Waals surface area contributed by atoms with Gasteiger partial charge in [0.15, 0.2) is 5.78 Å². The fourth-order valence-electron chi connectivity index (χ4n) is 1.40. The summed E-state index contributed by atoms with van der Waals surface area (Å²) in [7, 11) is 1.80. The van der Waals surface area contributed by atoms with E-state index in [0.29, 0.717) is 12.0 Å². The standard InChI is InChI=1S/C13H15FN2O/c1-10(7-8-15)16(2)9-13(17)11-3-5-12(14)6-4-11/h3-6,10H,7,9H2,1-2H3. The Morgan fingerprint density at radius 2 is 2.06 bits per heavy atom. The molecule has 0 radical (unpaired) electrons. The van der Waals surface area contributed by atoms with Crippen LogP contribution in [0.5, 0.6) is 0 Å². The molecule has 0 saturated heterocycles. The second-order valence-corrected chi connectivity index (χ2v) is 4.06. The number of ketones is 1. The molecule has 1 rings (SSSR count). The number of nitrogens with zero attached hydrogens (tertiary/aromatic N) is 2. The summed E-state index contributed by atoms with van der Waals surface area (Å²) in [5.74, 6) is -0.426. The molecule has 0 spiro atoms. The molecule has 1 atom stereocenters. The fourth-order valence-corrected chi connectivity index (χ4v) is 1.40. The molecule has 1 aromatic carbocycles. The Labute approximate surface area is 100 Å². The van der Waals surface area contributed by atoms with Crippen LogP contribution in [0, 0.1) is 17.1 Å². The summed E-state index contributed by atoms with van der Waals surface area (Å²) in [6.07, 6.45) is 0.382. The van der Waals surface area contributed by atoms with Crippen LogP contribution in [-0.4, -0.2) is 30.3 Å². The normalized spacial score (nSPS) is 12.2. The number of hydrogen-bond acceptors (Lipinski definition) is 3. The van der Waals surface area contributed by atoms with Gasteiger partial charge in [0.1, 0.15) is 5.82 Å². The molecule has 0 aliphatic heterocycles. The molecule has 0 amide bonds. The van der Waals surface area contributed by atoms with Gasteiger partial charge in [-0.1, -0.05) is 0 Å². The monoisotopic (exact) mass is 234 g/mol. The molecule has 0 aliphatic rings. The molecule has 0 fully saturated rings. The van der Waals surface area contributed by atoms with E-state index in [4.69, 9.17) is 5.26 Å². The highest BCUT2D eigenvalue weighted by Gasteiger charge is 2.14. The summed E-state index contributed by atoms with van der Waals surface area (Å²) in [5, 5.41) is 8.56. The minimum atomic E-state index is -0.354. The van der Waals surface area contributed by atoms with Crippen molar-refractivity contribution in [2.75, 3.05) is 13.6 Å². The number of halogens is 1. The van der Waals surface area contributed by atoms with E-state index in [1.165, 1.54) is 24.3 Å². The van der Waals surface area contributed by atoms with Crippen LogP contribution >= 0.6 is 0 Å². The molecular weight excluding hydrogens is 219 g/mol. The second-order valence-electron chi connectivity index (χ2n) is 4.06. The van der Waals surface area contributed by atoms with E-state index in [1.807, 2.05) is 11.8 Å². The maximum Gasteiger partial charge on any atom is 0.176 e. The summed E-state index contributed by atoms with van der Waals surface area (Å²) < 4.78 is 12.7. The molecular formula is C13H15FN2O. The van der Waals surface area contributed by atoms with Gasteiger partial charge in [-0.05, 0) is 38.2 Å². The first kappa shape index (κ1) is 13.3. The van der Waals surface area contributed by atoms with Gasteiger partial charge in [0, 0.05) is 11.6 Å². The Morgan fingerprint density at radius 1 is 1.47 bits per heavy atom. The van der Waals surface area contributed by atoms with E-state index in [9.17, 15) is 9.18 Å². The van der Waals surface area contributed by atoms with Crippen LogP contribution in [0.4, 0.5) is 4.39 Å². The number of rotatable bonds is 5. The van der Waals surface area contributed by atoms with Crippen molar-refractivity contribution in [3.8, 4) is 6.07 Å². The Hall–Kier alpha value is -1.73. The van der Waals surface area contributed by atoms with E-state index >= 15 is 0 Å². The summed E-state index contributed by atoms with van der Waals surface area (Å²) in [6.45, 7) is 2.12. The van der Waals surface area contributed by atoms with Gasteiger partial charge in [0.05, 0.1) is 19.0 Å². The van der Waals surface area contributed by atoms with Crippen molar-refractivity contribution in [3.05, 3.63) is 35.6 Å². The fraction of sp³-hybridized carbons (Fsp3) is 0.385. The molecule has 0 heterocycles. The number of Topliss-reactive ketones (excluding diaryl/α,β-unsaturated/α-hetero) is 1. The highest BCUT2D eigenvalue weighted by Crippen LogP contribution is 2.06. The van der Waals surface area contributed by atoms with Gasteiger partial charge in [-0.2, -0.15) is 5.26 Å². The number of benzene rings is 1. The second kappa shape index (κ2) is 6.12. The highest BCUT2D eigenvalue weighted by atomic mass is 19.1.